The molecule has 0 aliphatic carbocycles. The number of nitro groups is 1. The number of hydrazone groups is 1. The van der Waals surface area contributed by atoms with Crippen molar-refractivity contribution in [2.45, 2.75) is 19.4 Å². The maximum atomic E-state index is 11.4. The van der Waals surface area contributed by atoms with Gasteiger partial charge in [0.1, 0.15) is 11.7 Å². The predicted octanol–water partition coefficient (Wildman–Crippen LogP) is 0.789. The van der Waals surface area contributed by atoms with Gasteiger partial charge in [-0.2, -0.15) is 0 Å². The van der Waals surface area contributed by atoms with E-state index < -0.39 is 11.1 Å². The first-order valence-corrected chi connectivity index (χ1v) is 6.75. The number of alkyl carbamates (subject to hydrolysis) is 1. The van der Waals surface area contributed by atoms with E-state index in [1.165, 1.54) is 0 Å². The van der Waals surface area contributed by atoms with Crippen LogP contribution in [0, 0.1) is 10.1 Å². The predicted molar refractivity (Wildman–Crippen MR) is 80.5 cm³/mol. The summed E-state index contributed by atoms with van der Waals surface area (Å²) < 4.78 is 5.04. The topological polar surface area (TPSA) is 132 Å². The van der Waals surface area contributed by atoms with Crippen LogP contribution < -0.4 is 16.4 Å². The van der Waals surface area contributed by atoms with Crippen LogP contribution in [0.25, 0.3) is 0 Å². The van der Waals surface area contributed by atoms with Gasteiger partial charge in [0.2, 0.25) is 0 Å². The van der Waals surface area contributed by atoms with Gasteiger partial charge in [-0.25, -0.2) is 14.9 Å². The van der Waals surface area contributed by atoms with Crippen LogP contribution in [-0.4, -0.2) is 30.2 Å². The fraction of sp³-hybridized carbons (Fsp3) is 0.385. The molecule has 1 amide bonds. The monoisotopic (exact) mass is 309 g/mol. The van der Waals surface area contributed by atoms with E-state index in [0.29, 0.717) is 25.9 Å². The normalized spacial score (nSPS) is 10.8. The molecule has 1 rings (SSSR count). The maximum Gasteiger partial charge on any atom is 0.407 e. The second-order valence-corrected chi connectivity index (χ2v) is 4.35. The molecule has 0 aliphatic heterocycles. The Bertz CT molecular complexity index is 506. The third kappa shape index (κ3) is 8.35. The molecule has 0 bridgehead atoms. The second-order valence-electron chi connectivity index (χ2n) is 4.35. The lowest BCUT2D eigenvalue weighted by molar-refractivity contribution is -0.485. The Morgan fingerprint density at radius 2 is 1.86 bits per heavy atom. The number of nitrogens with one attached hydrogen (secondary N) is 2. The van der Waals surface area contributed by atoms with Gasteiger partial charge in [0, 0.05) is 13.1 Å². The third-order valence-electron chi connectivity index (χ3n) is 2.58. The SMILES string of the molecule is N/C(=N\[N+](=O)[O-])NCCCCNC(=O)OCc1ccccc1. The van der Waals surface area contributed by atoms with Crippen LogP contribution in [0.4, 0.5) is 4.79 Å². The van der Waals surface area contributed by atoms with Gasteiger partial charge in [0.05, 0.1) is 0 Å². The van der Waals surface area contributed by atoms with E-state index in [2.05, 4.69) is 15.7 Å². The summed E-state index contributed by atoms with van der Waals surface area (Å²) in [6.45, 7) is 1.10. The second kappa shape index (κ2) is 9.97. The molecule has 22 heavy (non-hydrogen) atoms. The highest BCUT2D eigenvalue weighted by Crippen LogP contribution is 2.00. The summed E-state index contributed by atoms with van der Waals surface area (Å²) >= 11 is 0. The van der Waals surface area contributed by atoms with Crippen molar-refractivity contribution in [2.75, 3.05) is 13.1 Å². The summed E-state index contributed by atoms with van der Waals surface area (Å²) in [5.41, 5.74) is 6.16. The van der Waals surface area contributed by atoms with Crippen LogP contribution in [0.5, 0.6) is 0 Å². The largest absolute Gasteiger partial charge is 0.445 e. The number of hydrogen-bond acceptors (Lipinski definition) is 4. The zero-order valence-corrected chi connectivity index (χ0v) is 12.0. The van der Waals surface area contributed by atoms with Crippen LogP contribution in [-0.2, 0) is 11.3 Å². The molecule has 0 aliphatic rings. The molecule has 120 valence electrons. The fourth-order valence-corrected chi connectivity index (χ4v) is 1.55. The minimum atomic E-state index is -0.868. The van der Waals surface area contributed by atoms with E-state index in [9.17, 15) is 14.9 Å². The number of guanidine groups is 1. The van der Waals surface area contributed by atoms with Gasteiger partial charge in [0.15, 0.2) is 5.03 Å². The molecule has 0 saturated carbocycles. The number of nitrogens with two attached hydrogens (primary N) is 1. The highest BCUT2D eigenvalue weighted by atomic mass is 16.7. The number of amides is 1. The Balaban J connectivity index is 2.02. The standard InChI is InChI=1S/C13H19N5O4/c14-12(17-18(20)21)15-8-4-5-9-16-13(19)22-10-11-6-2-1-3-7-11/h1-3,6-7H,4-5,8-10H2,(H,16,19)(H3,14,15,17). The number of rotatable bonds is 8. The molecule has 0 spiro atoms. The van der Waals surface area contributed by atoms with Crippen molar-refractivity contribution in [3.8, 4) is 0 Å². The number of unbranched alkanes of at least 4 members (excludes halogenated alkanes) is 1. The molecular formula is C13H19N5O4. The van der Waals surface area contributed by atoms with Crippen molar-refractivity contribution in [1.82, 2.24) is 10.6 Å². The summed E-state index contributed by atoms with van der Waals surface area (Å²) in [4.78, 5) is 21.4. The molecule has 1 aromatic rings. The highest BCUT2D eigenvalue weighted by Gasteiger charge is 2.02. The Morgan fingerprint density at radius 1 is 1.23 bits per heavy atom. The van der Waals surface area contributed by atoms with Crippen molar-refractivity contribution in [1.29, 1.82) is 0 Å². The summed E-state index contributed by atoms with van der Waals surface area (Å²) in [5.74, 6) is -0.236. The summed E-state index contributed by atoms with van der Waals surface area (Å²) in [6, 6.07) is 9.38. The zero-order valence-electron chi connectivity index (χ0n) is 12.0. The number of nitrogens with zero attached hydrogens (tertiary/aromatic N) is 2. The Morgan fingerprint density at radius 3 is 2.50 bits per heavy atom. The molecule has 0 saturated heterocycles. The molecule has 9 nitrogen and oxygen atoms in total. The van der Waals surface area contributed by atoms with E-state index in [1.54, 1.807) is 0 Å². The Labute approximate surface area is 127 Å². The lowest BCUT2D eigenvalue weighted by atomic mass is 10.2. The third-order valence-corrected chi connectivity index (χ3v) is 2.58. The van der Waals surface area contributed by atoms with E-state index in [1.807, 2.05) is 30.3 Å². The van der Waals surface area contributed by atoms with Crippen molar-refractivity contribution in [2.24, 2.45) is 10.8 Å². The number of carbonyl (C=O) groups excluding carboxylic acids is 1. The van der Waals surface area contributed by atoms with Gasteiger partial charge >= 0.3 is 6.09 Å². The number of benzene rings is 1. The van der Waals surface area contributed by atoms with Gasteiger partial charge < -0.3 is 21.1 Å². The van der Waals surface area contributed by atoms with Crippen molar-refractivity contribution in [3.63, 3.8) is 0 Å². The van der Waals surface area contributed by atoms with E-state index in [0.717, 1.165) is 5.56 Å². The lowest BCUT2D eigenvalue weighted by Crippen LogP contribution is -2.33. The molecule has 4 N–H and O–H groups in total. The smallest absolute Gasteiger partial charge is 0.407 e. The molecule has 0 aromatic heterocycles. The molecule has 9 heteroatoms. The van der Waals surface area contributed by atoms with Gasteiger partial charge in [-0.3, -0.25) is 0 Å². The first-order chi connectivity index (χ1) is 10.6. The van der Waals surface area contributed by atoms with Crippen molar-refractivity contribution >= 4 is 12.1 Å². The van der Waals surface area contributed by atoms with Gasteiger partial charge in [0.25, 0.3) is 5.96 Å². The quantitative estimate of drug-likeness (QED) is 0.214. The average Bonchev–Trinajstić information content (AvgIpc) is 2.49. The van der Waals surface area contributed by atoms with Crippen LogP contribution >= 0.6 is 0 Å². The molecule has 1 aromatic carbocycles. The zero-order chi connectivity index (χ0) is 16.2. The Hall–Kier alpha value is -2.84. The molecular weight excluding hydrogens is 290 g/mol. The summed E-state index contributed by atoms with van der Waals surface area (Å²) in [7, 11) is 0. The van der Waals surface area contributed by atoms with Gasteiger partial charge in [-0.15, -0.1) is 0 Å². The van der Waals surface area contributed by atoms with Crippen molar-refractivity contribution in [3.05, 3.63) is 46.0 Å². The van der Waals surface area contributed by atoms with Crippen LogP contribution in [0.15, 0.2) is 35.4 Å². The van der Waals surface area contributed by atoms with Crippen LogP contribution in [0.2, 0.25) is 0 Å². The minimum absolute atomic E-state index is 0.224. The first-order valence-electron chi connectivity index (χ1n) is 6.75. The molecule has 0 radical (unpaired) electrons. The van der Waals surface area contributed by atoms with E-state index in [4.69, 9.17) is 10.5 Å². The van der Waals surface area contributed by atoms with Gasteiger partial charge in [-0.05, 0) is 18.4 Å². The van der Waals surface area contributed by atoms with Crippen LogP contribution in [0.1, 0.15) is 18.4 Å². The molecule has 0 atom stereocenters. The maximum absolute atomic E-state index is 11.4. The average molecular weight is 309 g/mol. The number of carbonyl (C=O) groups is 1. The van der Waals surface area contributed by atoms with Gasteiger partial charge in [-0.1, -0.05) is 30.3 Å². The number of hydrogen-bond donors (Lipinski definition) is 3. The molecule has 0 unspecified atom stereocenters. The molecule has 0 fully saturated rings. The summed E-state index contributed by atoms with van der Waals surface area (Å²) in [5, 5.41) is 17.2. The minimum Gasteiger partial charge on any atom is -0.445 e. The molecule has 0 heterocycles. The summed E-state index contributed by atoms with van der Waals surface area (Å²) in [6.07, 6.45) is 0.873. The first kappa shape index (κ1) is 17.2. The van der Waals surface area contributed by atoms with E-state index >= 15 is 0 Å². The van der Waals surface area contributed by atoms with Crippen molar-refractivity contribution < 1.29 is 14.6 Å². The highest BCUT2D eigenvalue weighted by molar-refractivity contribution is 5.76. The number of ether oxygens (including phenoxy) is 1. The van der Waals surface area contributed by atoms with E-state index in [-0.39, 0.29) is 12.6 Å². The fourth-order valence-electron chi connectivity index (χ4n) is 1.55. The lowest BCUT2D eigenvalue weighted by Gasteiger charge is -2.07. The van der Waals surface area contributed by atoms with Crippen LogP contribution in [0.3, 0.4) is 0 Å². The Kier molecular flexibility index (Phi) is 7.80.